The maximum absolute atomic E-state index is 13.2. The minimum atomic E-state index is -0.280. The smallest absolute Gasteiger partial charge is 0.235 e. The topological polar surface area (TPSA) is 85.6 Å². The highest BCUT2D eigenvalue weighted by atomic mass is 35.5. The lowest BCUT2D eigenvalue weighted by Crippen LogP contribution is -2.12. The molecule has 202 valence electrons. The fourth-order valence-corrected chi connectivity index (χ4v) is 3.46. The molecule has 0 spiro atoms. The van der Waals surface area contributed by atoms with Crippen LogP contribution in [0, 0.1) is 6.92 Å². The predicted molar refractivity (Wildman–Crippen MR) is 146 cm³/mol. The lowest BCUT2D eigenvalue weighted by Gasteiger charge is -2.15. The Morgan fingerprint density at radius 2 is 1.50 bits per heavy atom. The monoisotopic (exact) mass is 542 g/mol. The van der Waals surface area contributed by atoms with Crippen LogP contribution in [0.25, 0.3) is 22.3 Å². The molecule has 0 bridgehead atoms. The van der Waals surface area contributed by atoms with Gasteiger partial charge in [-0.25, -0.2) is 0 Å². The summed E-state index contributed by atoms with van der Waals surface area (Å²) in [5, 5.41) is 0.430. The van der Waals surface area contributed by atoms with Crippen molar-refractivity contribution in [1.82, 2.24) is 0 Å². The van der Waals surface area contributed by atoms with Gasteiger partial charge in [-0.15, -0.1) is 0 Å². The minimum absolute atomic E-state index is 0.0268. The van der Waals surface area contributed by atoms with E-state index in [2.05, 4.69) is 4.74 Å². The van der Waals surface area contributed by atoms with E-state index >= 15 is 0 Å². The number of hydrogen-bond acceptors (Lipinski definition) is 8. The molecule has 0 N–H and O–H groups in total. The average Bonchev–Trinajstić information content (AvgIpc) is 2.95. The Hall–Kier alpha value is -3.56. The standard InChI is InChI=1S/C27H26O7.C2H5ClO/c1-18-9-11-21-23(13-18)34-26(27(25(21)28)33-17-30-3)20-10-12-22(24(14-20)32-16-29-2)31-15-19-7-5-4-6-8-19;1-4-2-3/h4-14H,15-17H2,1-3H3;2H2,1H3. The largest absolute Gasteiger partial charge is 0.485 e. The van der Waals surface area contributed by atoms with Crippen LogP contribution in [0.1, 0.15) is 11.1 Å². The van der Waals surface area contributed by atoms with Gasteiger partial charge in [-0.05, 0) is 48.4 Å². The second kappa shape index (κ2) is 15.0. The Morgan fingerprint density at radius 3 is 2.18 bits per heavy atom. The van der Waals surface area contributed by atoms with Crippen LogP contribution in [0.15, 0.2) is 75.9 Å². The van der Waals surface area contributed by atoms with Crippen molar-refractivity contribution in [3.05, 3.63) is 88.1 Å². The predicted octanol–water partition coefficient (Wildman–Crippen LogP) is 6.14. The van der Waals surface area contributed by atoms with Crippen LogP contribution in [-0.4, -0.2) is 41.0 Å². The van der Waals surface area contributed by atoms with Crippen LogP contribution in [0.2, 0.25) is 0 Å². The van der Waals surface area contributed by atoms with E-state index in [0.29, 0.717) is 40.7 Å². The van der Waals surface area contributed by atoms with E-state index in [1.54, 1.807) is 31.4 Å². The second-order valence-electron chi connectivity index (χ2n) is 8.02. The second-order valence-corrected chi connectivity index (χ2v) is 8.24. The maximum Gasteiger partial charge on any atom is 0.235 e. The molecule has 0 radical (unpaired) electrons. The fraction of sp³-hybridized carbons (Fsp3) is 0.276. The Labute approximate surface area is 226 Å². The van der Waals surface area contributed by atoms with Gasteiger partial charge < -0.3 is 32.8 Å². The zero-order valence-electron chi connectivity index (χ0n) is 21.8. The van der Waals surface area contributed by atoms with Crippen LogP contribution in [0.5, 0.6) is 17.2 Å². The van der Waals surface area contributed by atoms with E-state index in [0.717, 1.165) is 11.1 Å². The van der Waals surface area contributed by atoms with Crippen LogP contribution in [0.3, 0.4) is 0 Å². The summed E-state index contributed by atoms with van der Waals surface area (Å²) in [6.45, 7) is 2.24. The quantitative estimate of drug-likeness (QED) is 0.165. The van der Waals surface area contributed by atoms with Crippen LogP contribution in [0.4, 0.5) is 0 Å². The van der Waals surface area contributed by atoms with Gasteiger partial charge in [-0.3, -0.25) is 4.79 Å². The van der Waals surface area contributed by atoms with Gasteiger partial charge in [0.25, 0.3) is 0 Å². The first-order chi connectivity index (χ1) is 18.5. The molecule has 0 aliphatic rings. The van der Waals surface area contributed by atoms with Gasteiger partial charge in [0, 0.05) is 26.9 Å². The molecule has 3 aromatic carbocycles. The zero-order chi connectivity index (χ0) is 27.3. The fourth-order valence-electron chi connectivity index (χ4n) is 3.46. The number of hydrogen-bond donors (Lipinski definition) is 0. The zero-order valence-corrected chi connectivity index (χ0v) is 22.6. The van der Waals surface area contributed by atoms with E-state index in [9.17, 15) is 4.79 Å². The first-order valence-corrected chi connectivity index (χ1v) is 12.2. The summed E-state index contributed by atoms with van der Waals surface area (Å²) in [4.78, 5) is 13.2. The first-order valence-electron chi connectivity index (χ1n) is 11.7. The van der Waals surface area contributed by atoms with Gasteiger partial charge in [0.1, 0.15) is 18.3 Å². The Morgan fingerprint density at radius 1 is 0.789 bits per heavy atom. The van der Waals surface area contributed by atoms with Crippen molar-refractivity contribution in [2.75, 3.05) is 41.0 Å². The third-order valence-electron chi connectivity index (χ3n) is 5.21. The van der Waals surface area contributed by atoms with Crippen molar-refractivity contribution in [3.63, 3.8) is 0 Å². The molecular weight excluding hydrogens is 512 g/mol. The van der Waals surface area contributed by atoms with Gasteiger partial charge in [-0.1, -0.05) is 48.0 Å². The number of halogens is 1. The van der Waals surface area contributed by atoms with Crippen molar-refractivity contribution < 1.29 is 32.8 Å². The molecule has 0 saturated carbocycles. The van der Waals surface area contributed by atoms with E-state index in [-0.39, 0.29) is 30.5 Å². The van der Waals surface area contributed by atoms with Gasteiger partial charge >= 0.3 is 0 Å². The SMILES string of the molecule is COCCl.COCOc1cc(-c2oc3cc(C)ccc3c(=O)c2OCOC)ccc1OCc1ccccc1. The van der Waals surface area contributed by atoms with E-state index in [1.165, 1.54) is 14.2 Å². The molecule has 0 aliphatic carbocycles. The Kier molecular flexibility index (Phi) is 11.4. The summed E-state index contributed by atoms with van der Waals surface area (Å²) in [6.07, 6.45) is 0. The molecule has 0 atom stereocenters. The highest BCUT2D eigenvalue weighted by Gasteiger charge is 2.20. The normalized spacial score (nSPS) is 10.6. The van der Waals surface area contributed by atoms with Crippen molar-refractivity contribution in [1.29, 1.82) is 0 Å². The third-order valence-corrected chi connectivity index (χ3v) is 5.43. The molecule has 8 nitrogen and oxygen atoms in total. The summed E-state index contributed by atoms with van der Waals surface area (Å²) in [6, 6.07) is 20.8. The molecule has 0 saturated heterocycles. The highest BCUT2D eigenvalue weighted by Crippen LogP contribution is 2.37. The maximum atomic E-state index is 13.2. The first kappa shape index (κ1) is 29.0. The molecule has 9 heteroatoms. The van der Waals surface area contributed by atoms with Crippen molar-refractivity contribution in [3.8, 4) is 28.6 Å². The number of aryl methyl sites for hydroxylation is 1. The third kappa shape index (κ3) is 7.72. The molecule has 0 aliphatic heterocycles. The van der Waals surface area contributed by atoms with Crippen molar-refractivity contribution in [2.45, 2.75) is 13.5 Å². The van der Waals surface area contributed by atoms with Gasteiger partial charge in [-0.2, -0.15) is 0 Å². The molecule has 4 rings (SSSR count). The lowest BCUT2D eigenvalue weighted by molar-refractivity contribution is 0.0483. The highest BCUT2D eigenvalue weighted by molar-refractivity contribution is 6.17. The number of fused-ring (bicyclic) bond motifs is 1. The molecule has 4 aromatic rings. The average molecular weight is 543 g/mol. The number of ether oxygens (including phenoxy) is 6. The summed E-state index contributed by atoms with van der Waals surface area (Å²) in [5.74, 6) is 1.31. The summed E-state index contributed by atoms with van der Waals surface area (Å²) >= 11 is 4.96. The van der Waals surface area contributed by atoms with Crippen molar-refractivity contribution in [2.24, 2.45) is 0 Å². The Balaban J connectivity index is 0.000000934. The minimum Gasteiger partial charge on any atom is -0.485 e. The number of benzene rings is 3. The molecule has 0 unspecified atom stereocenters. The van der Waals surface area contributed by atoms with Crippen LogP contribution >= 0.6 is 11.6 Å². The Bertz CT molecular complexity index is 1350. The van der Waals surface area contributed by atoms with E-state index in [4.69, 9.17) is 39.7 Å². The summed E-state index contributed by atoms with van der Waals surface area (Å²) in [7, 11) is 4.57. The summed E-state index contributed by atoms with van der Waals surface area (Å²) in [5.41, 5.74) is 2.77. The van der Waals surface area contributed by atoms with Gasteiger partial charge in [0.2, 0.25) is 11.2 Å². The molecular formula is C29H31ClO8. The van der Waals surface area contributed by atoms with Crippen LogP contribution in [-0.2, 0) is 20.8 Å². The molecule has 1 aromatic heterocycles. The van der Waals surface area contributed by atoms with Gasteiger partial charge in [0.05, 0.1) is 5.39 Å². The molecule has 38 heavy (non-hydrogen) atoms. The number of methoxy groups -OCH3 is 3. The molecule has 0 fully saturated rings. The number of alkyl halides is 1. The molecule has 0 amide bonds. The summed E-state index contributed by atoms with van der Waals surface area (Å²) < 4.78 is 38.0. The van der Waals surface area contributed by atoms with E-state index in [1.807, 2.05) is 49.4 Å². The van der Waals surface area contributed by atoms with Gasteiger partial charge in [0.15, 0.2) is 30.8 Å². The van der Waals surface area contributed by atoms with E-state index < -0.39 is 0 Å². The molecule has 1 heterocycles. The van der Waals surface area contributed by atoms with Crippen LogP contribution < -0.4 is 19.6 Å². The lowest BCUT2D eigenvalue weighted by atomic mass is 10.1. The number of rotatable bonds is 11. The van der Waals surface area contributed by atoms with Crippen molar-refractivity contribution >= 4 is 22.6 Å².